The number of hydrogen-bond acceptors (Lipinski definition) is 3. The van der Waals surface area contributed by atoms with Crippen LogP contribution in [0.3, 0.4) is 0 Å². The van der Waals surface area contributed by atoms with Crippen LogP contribution in [0.1, 0.15) is 13.8 Å². The second-order valence-corrected chi connectivity index (χ2v) is 2.09. The van der Waals surface area contributed by atoms with Crippen molar-refractivity contribution in [2.24, 2.45) is 0 Å². The monoisotopic (exact) mass is 146 g/mol. The fraction of sp³-hybridized carbons (Fsp3) is 0.714. The summed E-state index contributed by atoms with van der Waals surface area (Å²) < 4.78 is 14.5. The molecular formula is C7H14O3. The van der Waals surface area contributed by atoms with E-state index in [1.54, 1.807) is 7.11 Å². The van der Waals surface area contributed by atoms with Gasteiger partial charge in [0.15, 0.2) is 6.79 Å². The minimum atomic E-state index is 0.101. The van der Waals surface area contributed by atoms with Crippen LogP contribution < -0.4 is 0 Å². The third-order valence-electron chi connectivity index (χ3n) is 0.705. The number of rotatable bonds is 5. The molecule has 0 fully saturated rings. The van der Waals surface area contributed by atoms with E-state index in [2.05, 4.69) is 11.3 Å². The lowest BCUT2D eigenvalue weighted by Gasteiger charge is -2.11. The van der Waals surface area contributed by atoms with Crippen LogP contribution in [0.4, 0.5) is 0 Å². The molecule has 0 rings (SSSR count). The van der Waals surface area contributed by atoms with E-state index in [4.69, 9.17) is 9.47 Å². The fourth-order valence-corrected chi connectivity index (χ4v) is 0.422. The van der Waals surface area contributed by atoms with Crippen LogP contribution >= 0.6 is 0 Å². The average Bonchev–Trinajstić information content (AvgIpc) is 1.82. The first-order valence-electron chi connectivity index (χ1n) is 3.14. The highest BCUT2D eigenvalue weighted by atomic mass is 16.7. The van der Waals surface area contributed by atoms with Crippen molar-refractivity contribution >= 4 is 0 Å². The Labute approximate surface area is 61.6 Å². The van der Waals surface area contributed by atoms with E-state index in [1.165, 1.54) is 0 Å². The first-order chi connectivity index (χ1) is 4.66. The van der Waals surface area contributed by atoms with Crippen molar-refractivity contribution in [3.8, 4) is 0 Å². The molecule has 0 bridgehead atoms. The molecule has 0 heterocycles. The Bertz CT molecular complexity index is 99.0. The van der Waals surface area contributed by atoms with Crippen LogP contribution in [0.5, 0.6) is 0 Å². The maximum Gasteiger partial charge on any atom is 0.273 e. The quantitative estimate of drug-likeness (QED) is 0.434. The van der Waals surface area contributed by atoms with Gasteiger partial charge in [-0.3, -0.25) is 0 Å². The minimum Gasteiger partial charge on any atom is -0.463 e. The largest absolute Gasteiger partial charge is 0.463 e. The maximum absolute atomic E-state index is 5.06. The molecule has 0 spiro atoms. The normalized spacial score (nSPS) is 9.60. The Balaban J connectivity index is 3.26. The lowest BCUT2D eigenvalue weighted by molar-refractivity contribution is -0.0683. The van der Waals surface area contributed by atoms with E-state index in [9.17, 15) is 0 Å². The smallest absolute Gasteiger partial charge is 0.273 e. The maximum atomic E-state index is 5.06. The molecule has 0 aromatic heterocycles. The first kappa shape index (κ1) is 9.30. The van der Waals surface area contributed by atoms with Gasteiger partial charge in [-0.25, -0.2) is 0 Å². The molecule has 0 aromatic rings. The molecule has 0 aliphatic carbocycles. The van der Waals surface area contributed by atoms with Crippen molar-refractivity contribution in [2.45, 2.75) is 20.0 Å². The highest BCUT2D eigenvalue weighted by Crippen LogP contribution is 2.00. The molecule has 0 amide bonds. The molecule has 0 saturated carbocycles. The van der Waals surface area contributed by atoms with Gasteiger partial charge in [0.05, 0.1) is 6.10 Å². The summed E-state index contributed by atoms with van der Waals surface area (Å²) in [6.07, 6.45) is 0.101. The van der Waals surface area contributed by atoms with E-state index < -0.39 is 0 Å². The van der Waals surface area contributed by atoms with Gasteiger partial charge in [0.1, 0.15) is 0 Å². The van der Waals surface area contributed by atoms with E-state index >= 15 is 0 Å². The van der Waals surface area contributed by atoms with Gasteiger partial charge in [-0.05, 0) is 20.4 Å². The van der Waals surface area contributed by atoms with Crippen LogP contribution in [0.25, 0.3) is 0 Å². The predicted octanol–water partition coefficient (Wildman–Crippen LogP) is 1.50. The van der Waals surface area contributed by atoms with Crippen molar-refractivity contribution in [1.82, 2.24) is 0 Å². The number of hydrogen-bond donors (Lipinski definition) is 0. The Hall–Kier alpha value is -0.700. The summed E-state index contributed by atoms with van der Waals surface area (Å²) in [6, 6.07) is 0. The van der Waals surface area contributed by atoms with Crippen LogP contribution in [-0.2, 0) is 14.2 Å². The standard InChI is InChI=1S/C7H14O3/c1-6(2)10-7(3)9-5-8-4/h6H,3,5H2,1-2,4H3. The molecule has 0 saturated heterocycles. The van der Waals surface area contributed by atoms with Crippen molar-refractivity contribution in [2.75, 3.05) is 13.9 Å². The van der Waals surface area contributed by atoms with Gasteiger partial charge < -0.3 is 14.2 Å². The van der Waals surface area contributed by atoms with Gasteiger partial charge in [-0.1, -0.05) is 0 Å². The molecule has 60 valence electrons. The predicted molar refractivity (Wildman–Crippen MR) is 38.3 cm³/mol. The van der Waals surface area contributed by atoms with Crippen LogP contribution in [0.15, 0.2) is 12.5 Å². The average molecular weight is 146 g/mol. The van der Waals surface area contributed by atoms with Crippen molar-refractivity contribution in [1.29, 1.82) is 0 Å². The lowest BCUT2D eigenvalue weighted by atomic mass is 10.5. The summed E-state index contributed by atoms with van der Waals surface area (Å²) >= 11 is 0. The third-order valence-corrected chi connectivity index (χ3v) is 0.705. The zero-order valence-corrected chi connectivity index (χ0v) is 6.72. The highest BCUT2D eigenvalue weighted by molar-refractivity contribution is 4.67. The van der Waals surface area contributed by atoms with Gasteiger partial charge >= 0.3 is 0 Å². The molecule has 0 aliphatic rings. The molecule has 0 aromatic carbocycles. The Morgan fingerprint density at radius 3 is 2.50 bits per heavy atom. The van der Waals surface area contributed by atoms with E-state index in [0.29, 0.717) is 5.95 Å². The Morgan fingerprint density at radius 2 is 2.10 bits per heavy atom. The summed E-state index contributed by atoms with van der Waals surface area (Å²) in [4.78, 5) is 0. The molecule has 0 atom stereocenters. The second kappa shape index (κ2) is 5.11. The van der Waals surface area contributed by atoms with E-state index in [-0.39, 0.29) is 12.9 Å². The van der Waals surface area contributed by atoms with Gasteiger partial charge in [0, 0.05) is 7.11 Å². The zero-order chi connectivity index (χ0) is 7.98. The molecular weight excluding hydrogens is 132 g/mol. The molecule has 0 unspecified atom stereocenters. The Morgan fingerprint density at radius 1 is 1.50 bits per heavy atom. The van der Waals surface area contributed by atoms with Crippen LogP contribution in [-0.4, -0.2) is 20.0 Å². The van der Waals surface area contributed by atoms with Gasteiger partial charge in [0.25, 0.3) is 5.95 Å². The van der Waals surface area contributed by atoms with Crippen LogP contribution in [0.2, 0.25) is 0 Å². The summed E-state index contributed by atoms with van der Waals surface area (Å²) in [6.45, 7) is 7.50. The molecule has 0 aliphatic heterocycles. The van der Waals surface area contributed by atoms with Crippen molar-refractivity contribution in [3.05, 3.63) is 12.5 Å². The molecule has 3 heteroatoms. The van der Waals surface area contributed by atoms with E-state index in [0.717, 1.165) is 0 Å². The van der Waals surface area contributed by atoms with Crippen LogP contribution in [0, 0.1) is 0 Å². The van der Waals surface area contributed by atoms with Gasteiger partial charge in [0.2, 0.25) is 0 Å². The Kier molecular flexibility index (Phi) is 4.76. The summed E-state index contributed by atoms with van der Waals surface area (Å²) in [5, 5.41) is 0. The zero-order valence-electron chi connectivity index (χ0n) is 6.72. The second-order valence-electron chi connectivity index (χ2n) is 2.09. The molecule has 0 N–H and O–H groups in total. The summed E-state index contributed by atoms with van der Waals surface area (Å²) in [7, 11) is 1.54. The highest BCUT2D eigenvalue weighted by Gasteiger charge is 1.96. The van der Waals surface area contributed by atoms with E-state index in [1.807, 2.05) is 13.8 Å². The van der Waals surface area contributed by atoms with Gasteiger partial charge in [-0.15, -0.1) is 0 Å². The minimum absolute atomic E-state index is 0.101. The fourth-order valence-electron chi connectivity index (χ4n) is 0.422. The summed E-state index contributed by atoms with van der Waals surface area (Å²) in [5.41, 5.74) is 0. The van der Waals surface area contributed by atoms with Gasteiger partial charge in [-0.2, -0.15) is 0 Å². The third kappa shape index (κ3) is 5.44. The first-order valence-corrected chi connectivity index (χ1v) is 3.14. The number of ether oxygens (including phenoxy) is 3. The molecule has 3 nitrogen and oxygen atoms in total. The summed E-state index contributed by atoms with van der Waals surface area (Å²) in [5.74, 6) is 0.303. The molecule has 10 heavy (non-hydrogen) atoms. The van der Waals surface area contributed by atoms with Crippen molar-refractivity contribution < 1.29 is 14.2 Å². The molecule has 0 radical (unpaired) electrons. The van der Waals surface area contributed by atoms with Crippen molar-refractivity contribution in [3.63, 3.8) is 0 Å². The lowest BCUT2D eigenvalue weighted by Crippen LogP contribution is -2.05. The number of methoxy groups -OCH3 is 1. The topological polar surface area (TPSA) is 27.7 Å². The SMILES string of the molecule is C=C(OCOC)OC(C)C.